The molecule has 4 heteroatoms. The van der Waals surface area contributed by atoms with Crippen LogP contribution in [0.5, 0.6) is 0 Å². The minimum atomic E-state index is -0.372. The lowest BCUT2D eigenvalue weighted by molar-refractivity contribution is 0.0938. The molecule has 1 saturated heterocycles. The molecule has 2 N–H and O–H groups in total. The van der Waals surface area contributed by atoms with Crippen molar-refractivity contribution in [1.29, 1.82) is 0 Å². The van der Waals surface area contributed by atoms with Crippen LogP contribution in [-0.2, 0) is 0 Å². The molecule has 0 radical (unpaired) electrons. The van der Waals surface area contributed by atoms with Crippen molar-refractivity contribution in [3.8, 4) is 0 Å². The number of amides is 1. The third-order valence-electron chi connectivity index (χ3n) is 3.96. The number of aryl methyl sites for hydroxylation is 1. The van der Waals surface area contributed by atoms with Gasteiger partial charge in [0.25, 0.3) is 5.91 Å². The minimum Gasteiger partial charge on any atom is -0.352 e. The lowest BCUT2D eigenvalue weighted by Crippen LogP contribution is -2.42. The lowest BCUT2D eigenvalue weighted by Gasteiger charge is -2.29. The van der Waals surface area contributed by atoms with Crippen molar-refractivity contribution in [2.75, 3.05) is 19.6 Å². The Balaban J connectivity index is 1.95. The second-order valence-electron chi connectivity index (χ2n) is 5.40. The third kappa shape index (κ3) is 3.53. The van der Waals surface area contributed by atoms with Gasteiger partial charge in [-0.05, 0) is 56.0 Å². The van der Waals surface area contributed by atoms with Crippen LogP contribution in [0.25, 0.3) is 0 Å². The number of benzene rings is 1. The van der Waals surface area contributed by atoms with Gasteiger partial charge in [-0.3, -0.25) is 4.79 Å². The largest absolute Gasteiger partial charge is 0.352 e. The van der Waals surface area contributed by atoms with E-state index in [9.17, 15) is 9.18 Å². The van der Waals surface area contributed by atoms with E-state index in [0.717, 1.165) is 25.1 Å². The molecule has 1 amide bonds. The molecule has 0 spiro atoms. The molecule has 1 aliphatic rings. The Morgan fingerprint density at radius 1 is 1.53 bits per heavy atom. The summed E-state index contributed by atoms with van der Waals surface area (Å²) >= 11 is 0. The van der Waals surface area contributed by atoms with E-state index in [1.165, 1.54) is 12.1 Å². The molecule has 2 unspecified atom stereocenters. The Hall–Kier alpha value is -1.42. The van der Waals surface area contributed by atoms with Gasteiger partial charge >= 0.3 is 0 Å². The Morgan fingerprint density at radius 2 is 2.32 bits per heavy atom. The summed E-state index contributed by atoms with van der Waals surface area (Å²) in [4.78, 5) is 12.1. The molecule has 19 heavy (non-hydrogen) atoms. The number of hydrogen-bond donors (Lipinski definition) is 2. The van der Waals surface area contributed by atoms with Crippen LogP contribution in [0.15, 0.2) is 18.2 Å². The monoisotopic (exact) mass is 264 g/mol. The number of carbonyl (C=O) groups excluding carboxylic acids is 1. The van der Waals surface area contributed by atoms with Crippen molar-refractivity contribution >= 4 is 5.91 Å². The van der Waals surface area contributed by atoms with Crippen molar-refractivity contribution in [2.24, 2.45) is 11.8 Å². The van der Waals surface area contributed by atoms with Crippen LogP contribution in [-0.4, -0.2) is 25.5 Å². The van der Waals surface area contributed by atoms with Crippen LogP contribution in [0.4, 0.5) is 4.39 Å². The molecule has 3 nitrogen and oxygen atoms in total. The summed E-state index contributed by atoms with van der Waals surface area (Å²) < 4.78 is 13.2. The predicted octanol–water partition coefficient (Wildman–Crippen LogP) is 2.11. The van der Waals surface area contributed by atoms with Gasteiger partial charge in [-0.15, -0.1) is 0 Å². The summed E-state index contributed by atoms with van der Waals surface area (Å²) in [5.74, 6) is 0.500. The number of nitrogens with one attached hydrogen (secondary N) is 2. The van der Waals surface area contributed by atoms with E-state index in [1.54, 1.807) is 6.07 Å². The Kier molecular flexibility index (Phi) is 4.53. The Morgan fingerprint density at radius 3 is 3.05 bits per heavy atom. The van der Waals surface area contributed by atoms with Crippen LogP contribution in [0, 0.1) is 24.6 Å². The molecule has 1 aliphatic heterocycles. The van der Waals surface area contributed by atoms with Gasteiger partial charge in [-0.2, -0.15) is 0 Å². The molecule has 0 saturated carbocycles. The summed E-state index contributed by atoms with van der Waals surface area (Å²) in [5, 5.41) is 6.26. The van der Waals surface area contributed by atoms with Crippen LogP contribution in [0.1, 0.15) is 29.3 Å². The molecular formula is C15H21FN2O. The molecule has 2 rings (SSSR count). The molecule has 0 aromatic heterocycles. The predicted molar refractivity (Wildman–Crippen MR) is 73.6 cm³/mol. The van der Waals surface area contributed by atoms with Gasteiger partial charge in [0.2, 0.25) is 0 Å². The minimum absolute atomic E-state index is 0.185. The zero-order valence-corrected chi connectivity index (χ0v) is 11.5. The highest BCUT2D eigenvalue weighted by molar-refractivity contribution is 5.95. The van der Waals surface area contributed by atoms with Crippen molar-refractivity contribution in [2.45, 2.75) is 20.3 Å². The summed E-state index contributed by atoms with van der Waals surface area (Å²) in [6, 6.07) is 4.31. The van der Waals surface area contributed by atoms with Gasteiger partial charge in [0, 0.05) is 12.1 Å². The van der Waals surface area contributed by atoms with Gasteiger partial charge in [0.1, 0.15) is 5.82 Å². The van der Waals surface area contributed by atoms with Gasteiger partial charge in [0.05, 0.1) is 0 Å². The lowest BCUT2D eigenvalue weighted by atomic mass is 9.88. The van der Waals surface area contributed by atoms with Gasteiger partial charge in [-0.25, -0.2) is 4.39 Å². The van der Waals surface area contributed by atoms with Crippen molar-refractivity contribution in [3.05, 3.63) is 35.1 Å². The zero-order valence-electron chi connectivity index (χ0n) is 11.5. The normalized spacial score (nSPS) is 23.1. The first kappa shape index (κ1) is 14.0. The Bertz CT molecular complexity index is 461. The smallest absolute Gasteiger partial charge is 0.251 e. The van der Waals surface area contributed by atoms with Crippen LogP contribution >= 0.6 is 0 Å². The van der Waals surface area contributed by atoms with E-state index in [-0.39, 0.29) is 11.7 Å². The highest BCUT2D eigenvalue weighted by Crippen LogP contribution is 2.17. The molecule has 0 aliphatic carbocycles. The molecule has 1 heterocycles. The second kappa shape index (κ2) is 6.15. The van der Waals surface area contributed by atoms with Gasteiger partial charge in [-0.1, -0.05) is 13.0 Å². The summed E-state index contributed by atoms with van der Waals surface area (Å²) in [5.41, 5.74) is 1.23. The number of rotatable bonds is 3. The number of hydrogen-bond acceptors (Lipinski definition) is 2. The highest BCUT2D eigenvalue weighted by atomic mass is 19.1. The van der Waals surface area contributed by atoms with Gasteiger partial charge in [0.15, 0.2) is 0 Å². The summed E-state index contributed by atoms with van der Waals surface area (Å²) in [6.07, 6.45) is 1.14. The standard InChI is InChI=1S/C15H21FN2O/c1-10-5-6-17-8-12(10)9-18-15(19)14-7-13(16)4-3-11(14)2/h3-4,7,10,12,17H,5-6,8-9H2,1-2H3,(H,18,19). The van der Waals surface area contributed by atoms with Crippen molar-refractivity contribution in [1.82, 2.24) is 10.6 Å². The van der Waals surface area contributed by atoms with E-state index in [4.69, 9.17) is 0 Å². The molecule has 1 fully saturated rings. The number of piperidine rings is 1. The average Bonchev–Trinajstić information content (AvgIpc) is 2.40. The number of halogens is 1. The SMILES string of the molecule is Cc1ccc(F)cc1C(=O)NCC1CNCCC1C. The maximum atomic E-state index is 13.2. The second-order valence-corrected chi connectivity index (χ2v) is 5.40. The zero-order chi connectivity index (χ0) is 13.8. The quantitative estimate of drug-likeness (QED) is 0.878. The van der Waals surface area contributed by atoms with Crippen molar-refractivity contribution in [3.63, 3.8) is 0 Å². The Labute approximate surface area is 113 Å². The van der Waals surface area contributed by atoms with E-state index >= 15 is 0 Å². The fraction of sp³-hybridized carbons (Fsp3) is 0.533. The topological polar surface area (TPSA) is 41.1 Å². The maximum Gasteiger partial charge on any atom is 0.251 e. The van der Waals surface area contributed by atoms with Crippen LogP contribution < -0.4 is 10.6 Å². The van der Waals surface area contributed by atoms with Crippen LogP contribution in [0.3, 0.4) is 0 Å². The van der Waals surface area contributed by atoms with Gasteiger partial charge < -0.3 is 10.6 Å². The van der Waals surface area contributed by atoms with Crippen LogP contribution in [0.2, 0.25) is 0 Å². The van der Waals surface area contributed by atoms with E-state index < -0.39 is 0 Å². The van der Waals surface area contributed by atoms with E-state index in [0.29, 0.717) is 23.9 Å². The average molecular weight is 264 g/mol. The maximum absolute atomic E-state index is 13.2. The summed E-state index contributed by atoms with van der Waals surface area (Å²) in [6.45, 7) is 6.66. The van der Waals surface area contributed by atoms with Crippen molar-refractivity contribution < 1.29 is 9.18 Å². The number of carbonyl (C=O) groups is 1. The summed E-state index contributed by atoms with van der Waals surface area (Å²) in [7, 11) is 0. The van der Waals surface area contributed by atoms with E-state index in [1.807, 2.05) is 6.92 Å². The fourth-order valence-electron chi connectivity index (χ4n) is 2.49. The highest BCUT2D eigenvalue weighted by Gasteiger charge is 2.21. The first-order valence-corrected chi connectivity index (χ1v) is 6.83. The molecular weight excluding hydrogens is 243 g/mol. The third-order valence-corrected chi connectivity index (χ3v) is 3.96. The molecule has 2 atom stereocenters. The molecule has 1 aromatic rings. The first-order valence-electron chi connectivity index (χ1n) is 6.83. The molecule has 0 bridgehead atoms. The molecule has 104 valence electrons. The first-order chi connectivity index (χ1) is 9.08. The molecule has 1 aromatic carbocycles. The fourth-order valence-corrected chi connectivity index (χ4v) is 2.49. The van der Waals surface area contributed by atoms with E-state index in [2.05, 4.69) is 17.6 Å².